The number of rotatable bonds is 5. The van der Waals surface area contributed by atoms with Crippen LogP contribution in [0.2, 0.25) is 0 Å². The van der Waals surface area contributed by atoms with E-state index in [1.54, 1.807) is 13.3 Å². The highest BCUT2D eigenvalue weighted by Gasteiger charge is 2.19. The molecule has 1 aliphatic heterocycles. The minimum absolute atomic E-state index is 0.762. The topological polar surface area (TPSA) is 51.1 Å². The van der Waals surface area contributed by atoms with E-state index in [0.717, 1.165) is 48.9 Å². The zero-order valence-electron chi connectivity index (χ0n) is 16.8. The van der Waals surface area contributed by atoms with Crippen LogP contribution in [0.1, 0.15) is 16.1 Å². The van der Waals surface area contributed by atoms with Crippen LogP contribution >= 0.6 is 11.3 Å². The Morgan fingerprint density at radius 3 is 2.73 bits per heavy atom. The summed E-state index contributed by atoms with van der Waals surface area (Å²) in [5.41, 5.74) is 4.57. The van der Waals surface area contributed by atoms with Gasteiger partial charge in [-0.2, -0.15) is 0 Å². The third kappa shape index (κ3) is 3.97. The molecule has 1 aromatic carbocycles. The van der Waals surface area contributed by atoms with Gasteiger partial charge in [0.25, 0.3) is 0 Å². The molecule has 0 aliphatic carbocycles. The second-order valence-electron chi connectivity index (χ2n) is 7.36. The molecule has 4 heterocycles. The van der Waals surface area contributed by atoms with Gasteiger partial charge in [0.05, 0.1) is 12.8 Å². The first-order valence-electron chi connectivity index (χ1n) is 9.99. The predicted octanol–water partition coefficient (Wildman–Crippen LogP) is 4.83. The van der Waals surface area contributed by atoms with Crippen molar-refractivity contribution in [3.8, 4) is 27.6 Å². The Balaban J connectivity index is 1.27. The van der Waals surface area contributed by atoms with Crippen molar-refractivity contribution in [1.29, 1.82) is 0 Å². The Bertz CT molecular complexity index is 1140. The van der Waals surface area contributed by atoms with Crippen molar-refractivity contribution in [3.63, 3.8) is 0 Å². The van der Waals surface area contributed by atoms with Gasteiger partial charge in [-0.15, -0.1) is 11.3 Å². The summed E-state index contributed by atoms with van der Waals surface area (Å²) in [6.45, 7) is 2.84. The fourth-order valence-electron chi connectivity index (χ4n) is 3.74. The number of hydrogen-bond donors (Lipinski definition) is 0. The highest BCUT2D eigenvalue weighted by molar-refractivity contribution is 7.15. The summed E-state index contributed by atoms with van der Waals surface area (Å²) in [7, 11) is 1.69. The van der Waals surface area contributed by atoms with Gasteiger partial charge in [-0.1, -0.05) is 0 Å². The van der Waals surface area contributed by atoms with Crippen LogP contribution < -0.4 is 4.74 Å². The van der Waals surface area contributed by atoms with Crippen LogP contribution in [-0.4, -0.2) is 33.5 Å². The number of nitrogens with zero attached hydrogens (tertiary/aromatic N) is 4. The zero-order valence-corrected chi connectivity index (χ0v) is 17.6. The molecule has 0 radical (unpaired) electrons. The van der Waals surface area contributed by atoms with E-state index in [1.165, 1.54) is 20.9 Å². The van der Waals surface area contributed by atoms with E-state index in [1.807, 2.05) is 48.0 Å². The molecule has 5 rings (SSSR count). The lowest BCUT2D eigenvalue weighted by atomic mass is 10.1. The van der Waals surface area contributed by atoms with E-state index in [2.05, 4.69) is 39.1 Å². The van der Waals surface area contributed by atoms with Crippen molar-refractivity contribution >= 4 is 11.3 Å². The number of thiophene rings is 1. The second-order valence-corrected chi connectivity index (χ2v) is 8.53. The summed E-state index contributed by atoms with van der Waals surface area (Å²) in [6.07, 6.45) is 6.51. The highest BCUT2D eigenvalue weighted by Crippen LogP contribution is 2.31. The standard InChI is InChI=1S/C24H22N4OS/c1-29-20-6-4-17(5-7-20)23-9-8-21(30-23)16-28-12-10-22-19(15-28)14-26-24(27-22)18-3-2-11-25-13-18/h2-9,11,13-14H,10,12,15-16H2,1H3. The molecule has 0 fully saturated rings. The number of methoxy groups -OCH3 is 1. The Morgan fingerprint density at radius 2 is 1.93 bits per heavy atom. The minimum atomic E-state index is 0.762. The average Bonchev–Trinajstić information content (AvgIpc) is 3.28. The lowest BCUT2D eigenvalue weighted by Gasteiger charge is -2.27. The molecular weight excluding hydrogens is 392 g/mol. The van der Waals surface area contributed by atoms with Crippen molar-refractivity contribution in [2.24, 2.45) is 0 Å². The van der Waals surface area contributed by atoms with Crippen LogP contribution in [-0.2, 0) is 19.5 Å². The summed E-state index contributed by atoms with van der Waals surface area (Å²) in [5, 5.41) is 0. The zero-order chi connectivity index (χ0) is 20.3. The summed E-state index contributed by atoms with van der Waals surface area (Å²) in [6, 6.07) is 16.6. The molecule has 30 heavy (non-hydrogen) atoms. The normalized spacial score (nSPS) is 13.8. The van der Waals surface area contributed by atoms with Gasteiger partial charge in [0, 0.05) is 65.5 Å². The van der Waals surface area contributed by atoms with Gasteiger partial charge in [-0.3, -0.25) is 9.88 Å². The molecular formula is C24H22N4OS. The number of ether oxygens (including phenoxy) is 1. The fourth-order valence-corrected chi connectivity index (χ4v) is 4.79. The molecule has 0 saturated heterocycles. The maximum absolute atomic E-state index is 5.26. The maximum atomic E-state index is 5.26. The summed E-state index contributed by atoms with van der Waals surface area (Å²) < 4.78 is 5.26. The van der Waals surface area contributed by atoms with Crippen LogP contribution in [0.15, 0.2) is 67.1 Å². The molecule has 6 heteroatoms. The predicted molar refractivity (Wildman–Crippen MR) is 119 cm³/mol. The fraction of sp³-hybridized carbons (Fsp3) is 0.208. The van der Waals surface area contributed by atoms with Gasteiger partial charge in [-0.05, 0) is 54.1 Å². The summed E-state index contributed by atoms with van der Waals surface area (Å²) in [5.74, 6) is 1.65. The Hall–Kier alpha value is -3.09. The molecule has 0 amide bonds. The van der Waals surface area contributed by atoms with Crippen molar-refractivity contribution in [2.75, 3.05) is 13.7 Å². The van der Waals surface area contributed by atoms with Crippen molar-refractivity contribution in [1.82, 2.24) is 19.9 Å². The molecule has 0 unspecified atom stereocenters. The molecule has 4 aromatic rings. The Kier molecular flexibility index (Phi) is 5.26. The van der Waals surface area contributed by atoms with E-state index in [9.17, 15) is 0 Å². The van der Waals surface area contributed by atoms with Crippen LogP contribution in [0.3, 0.4) is 0 Å². The van der Waals surface area contributed by atoms with Gasteiger partial charge in [0.1, 0.15) is 5.75 Å². The summed E-state index contributed by atoms with van der Waals surface area (Å²) in [4.78, 5) is 18.7. The first-order chi connectivity index (χ1) is 14.8. The number of hydrogen-bond acceptors (Lipinski definition) is 6. The molecule has 0 N–H and O–H groups in total. The number of aromatic nitrogens is 3. The van der Waals surface area contributed by atoms with E-state index < -0.39 is 0 Å². The monoisotopic (exact) mass is 414 g/mol. The molecule has 3 aromatic heterocycles. The van der Waals surface area contributed by atoms with Crippen molar-refractivity contribution < 1.29 is 4.74 Å². The molecule has 0 atom stereocenters. The van der Waals surface area contributed by atoms with E-state index in [-0.39, 0.29) is 0 Å². The Morgan fingerprint density at radius 1 is 1.03 bits per heavy atom. The SMILES string of the molecule is COc1ccc(-c2ccc(CN3CCc4nc(-c5cccnc5)ncc4C3)s2)cc1. The van der Waals surface area contributed by atoms with Gasteiger partial charge in [-0.25, -0.2) is 9.97 Å². The molecule has 0 spiro atoms. The smallest absolute Gasteiger partial charge is 0.160 e. The first kappa shape index (κ1) is 18.9. The summed E-state index contributed by atoms with van der Waals surface area (Å²) >= 11 is 1.85. The highest BCUT2D eigenvalue weighted by atomic mass is 32.1. The van der Waals surface area contributed by atoms with E-state index in [4.69, 9.17) is 9.72 Å². The second kappa shape index (κ2) is 8.34. The number of benzene rings is 1. The molecule has 5 nitrogen and oxygen atoms in total. The molecule has 0 saturated carbocycles. The van der Waals surface area contributed by atoms with E-state index in [0.29, 0.717) is 0 Å². The van der Waals surface area contributed by atoms with Crippen LogP contribution in [0, 0.1) is 0 Å². The van der Waals surface area contributed by atoms with Crippen molar-refractivity contribution in [3.05, 3.63) is 83.3 Å². The van der Waals surface area contributed by atoms with Crippen LogP contribution in [0.25, 0.3) is 21.8 Å². The van der Waals surface area contributed by atoms with E-state index >= 15 is 0 Å². The Labute approximate surface area is 180 Å². The minimum Gasteiger partial charge on any atom is -0.497 e. The quantitative estimate of drug-likeness (QED) is 0.468. The number of pyridine rings is 1. The third-order valence-electron chi connectivity index (χ3n) is 5.35. The third-order valence-corrected chi connectivity index (χ3v) is 6.47. The molecule has 150 valence electrons. The van der Waals surface area contributed by atoms with Gasteiger partial charge in [0.15, 0.2) is 5.82 Å². The maximum Gasteiger partial charge on any atom is 0.160 e. The van der Waals surface area contributed by atoms with Gasteiger partial charge in [0.2, 0.25) is 0 Å². The van der Waals surface area contributed by atoms with Crippen molar-refractivity contribution in [2.45, 2.75) is 19.5 Å². The van der Waals surface area contributed by atoms with Crippen LogP contribution in [0.4, 0.5) is 0 Å². The molecule has 1 aliphatic rings. The lowest BCUT2D eigenvalue weighted by molar-refractivity contribution is 0.245. The van der Waals surface area contributed by atoms with Gasteiger partial charge < -0.3 is 4.74 Å². The first-order valence-corrected chi connectivity index (χ1v) is 10.8. The number of fused-ring (bicyclic) bond motifs is 1. The largest absolute Gasteiger partial charge is 0.497 e. The van der Waals surface area contributed by atoms with Crippen LogP contribution in [0.5, 0.6) is 5.75 Å². The van der Waals surface area contributed by atoms with Gasteiger partial charge >= 0.3 is 0 Å². The lowest BCUT2D eigenvalue weighted by Crippen LogP contribution is -2.30. The average molecular weight is 415 g/mol. The molecule has 0 bridgehead atoms.